The summed E-state index contributed by atoms with van der Waals surface area (Å²) in [4.78, 5) is 0. The van der Waals surface area contributed by atoms with Gasteiger partial charge in [-0.3, -0.25) is 0 Å². The van der Waals surface area contributed by atoms with Gasteiger partial charge in [-0.25, -0.2) is 4.39 Å². The minimum atomic E-state index is -2.23. The van der Waals surface area contributed by atoms with Gasteiger partial charge in [0.15, 0.2) is 5.83 Å². The van der Waals surface area contributed by atoms with Crippen molar-refractivity contribution in [1.29, 1.82) is 0 Å². The minimum Gasteiger partial charge on any atom is -0.206 e. The number of aryl methyl sites for hydroxylation is 2. The molecule has 0 bridgehead atoms. The zero-order chi connectivity index (χ0) is 10.7. The number of rotatable bonds is 2. The van der Waals surface area contributed by atoms with E-state index in [9.17, 15) is 13.2 Å². The van der Waals surface area contributed by atoms with E-state index in [1.807, 2.05) is 13.0 Å². The van der Waals surface area contributed by atoms with Crippen LogP contribution in [0.15, 0.2) is 30.1 Å². The summed E-state index contributed by atoms with van der Waals surface area (Å²) < 4.78 is 36.4. The Kier molecular flexibility index (Phi) is 3.33. The third-order valence-electron chi connectivity index (χ3n) is 2.06. The second-order valence-corrected chi connectivity index (χ2v) is 3.27. The van der Waals surface area contributed by atoms with Gasteiger partial charge in [0.1, 0.15) is 0 Å². The summed E-state index contributed by atoms with van der Waals surface area (Å²) in [6.45, 7) is 3.62. The highest BCUT2D eigenvalue weighted by Gasteiger charge is 2.08. The molecule has 0 spiro atoms. The topological polar surface area (TPSA) is 0 Å². The van der Waals surface area contributed by atoms with E-state index in [-0.39, 0.29) is 6.42 Å². The van der Waals surface area contributed by atoms with Gasteiger partial charge in [0.25, 0.3) is 0 Å². The quantitative estimate of drug-likeness (QED) is 0.678. The van der Waals surface area contributed by atoms with Gasteiger partial charge in [-0.1, -0.05) is 23.8 Å². The van der Waals surface area contributed by atoms with Crippen molar-refractivity contribution in [2.24, 2.45) is 0 Å². The van der Waals surface area contributed by atoms with Crippen molar-refractivity contribution < 1.29 is 13.2 Å². The predicted octanol–water partition coefficient (Wildman–Crippen LogP) is 3.92. The Bertz CT molecular complexity index is 363. The number of hydrogen-bond donors (Lipinski definition) is 0. The predicted molar refractivity (Wildman–Crippen MR) is 50.0 cm³/mol. The third kappa shape index (κ3) is 2.62. The molecule has 0 nitrogen and oxygen atoms in total. The lowest BCUT2D eigenvalue weighted by Gasteiger charge is -2.04. The zero-order valence-corrected chi connectivity index (χ0v) is 8.07. The van der Waals surface area contributed by atoms with Gasteiger partial charge in [0.05, 0.1) is 0 Å². The lowest BCUT2D eigenvalue weighted by molar-refractivity contribution is 0.374. The summed E-state index contributed by atoms with van der Waals surface area (Å²) in [7, 11) is 0. The third-order valence-corrected chi connectivity index (χ3v) is 2.06. The molecule has 1 aromatic carbocycles. The highest BCUT2D eigenvalue weighted by Crippen LogP contribution is 2.19. The lowest BCUT2D eigenvalue weighted by Crippen LogP contribution is -1.92. The van der Waals surface area contributed by atoms with Crippen molar-refractivity contribution in [2.75, 3.05) is 0 Å². The molecule has 14 heavy (non-hydrogen) atoms. The molecule has 3 heteroatoms. The van der Waals surface area contributed by atoms with Crippen molar-refractivity contribution in [1.82, 2.24) is 0 Å². The number of benzene rings is 1. The Morgan fingerprint density at radius 2 is 1.79 bits per heavy atom. The van der Waals surface area contributed by atoms with Crippen LogP contribution in [0.25, 0.3) is 0 Å². The van der Waals surface area contributed by atoms with Crippen LogP contribution in [0, 0.1) is 13.8 Å². The maximum atomic E-state index is 12.7. The standard InChI is InChI=1S/C11H11F3/c1-7-3-4-8(2)9(5-7)6-10(12)11(13)14/h3-5H,6H2,1-2H3. The summed E-state index contributed by atoms with van der Waals surface area (Å²) in [5, 5.41) is 0. The highest BCUT2D eigenvalue weighted by atomic mass is 19.3. The van der Waals surface area contributed by atoms with Gasteiger partial charge in [-0.2, -0.15) is 8.78 Å². The van der Waals surface area contributed by atoms with Crippen LogP contribution in [0.4, 0.5) is 13.2 Å². The molecule has 0 fully saturated rings. The average Bonchev–Trinajstić information content (AvgIpc) is 2.11. The van der Waals surface area contributed by atoms with E-state index in [2.05, 4.69) is 0 Å². The maximum absolute atomic E-state index is 12.7. The summed E-state index contributed by atoms with van der Waals surface area (Å²) in [5.41, 5.74) is 2.37. The van der Waals surface area contributed by atoms with E-state index >= 15 is 0 Å². The fourth-order valence-corrected chi connectivity index (χ4v) is 1.22. The molecule has 0 radical (unpaired) electrons. The number of halogens is 3. The summed E-state index contributed by atoms with van der Waals surface area (Å²) >= 11 is 0. The number of hydrogen-bond acceptors (Lipinski definition) is 0. The molecule has 76 valence electrons. The molecular weight excluding hydrogens is 189 g/mol. The first-order valence-corrected chi connectivity index (χ1v) is 4.26. The van der Waals surface area contributed by atoms with Crippen LogP contribution in [-0.2, 0) is 6.42 Å². The van der Waals surface area contributed by atoms with E-state index < -0.39 is 11.9 Å². The first kappa shape index (κ1) is 10.8. The monoisotopic (exact) mass is 200 g/mol. The Morgan fingerprint density at radius 3 is 2.36 bits per heavy atom. The van der Waals surface area contributed by atoms with Crippen LogP contribution < -0.4 is 0 Å². The molecule has 0 aromatic heterocycles. The Hall–Kier alpha value is -1.25. The molecule has 0 heterocycles. The van der Waals surface area contributed by atoms with Crippen molar-refractivity contribution in [3.05, 3.63) is 46.8 Å². The molecule has 0 aliphatic rings. The molecule has 0 saturated carbocycles. The van der Waals surface area contributed by atoms with Crippen LogP contribution in [0.5, 0.6) is 0 Å². The Labute approximate surface area is 81.1 Å². The van der Waals surface area contributed by atoms with E-state index in [0.717, 1.165) is 11.1 Å². The lowest BCUT2D eigenvalue weighted by atomic mass is 10.0. The van der Waals surface area contributed by atoms with E-state index in [4.69, 9.17) is 0 Å². The van der Waals surface area contributed by atoms with Crippen LogP contribution in [0.3, 0.4) is 0 Å². The Balaban J connectivity index is 2.97. The molecule has 0 amide bonds. The normalized spacial score (nSPS) is 10.1. The van der Waals surface area contributed by atoms with Crippen molar-refractivity contribution in [3.8, 4) is 0 Å². The van der Waals surface area contributed by atoms with Crippen molar-refractivity contribution >= 4 is 0 Å². The molecule has 0 saturated heterocycles. The molecular formula is C11H11F3. The fourth-order valence-electron chi connectivity index (χ4n) is 1.22. The average molecular weight is 200 g/mol. The van der Waals surface area contributed by atoms with E-state index in [1.54, 1.807) is 19.1 Å². The van der Waals surface area contributed by atoms with Gasteiger partial charge in [0, 0.05) is 6.42 Å². The smallest absolute Gasteiger partial charge is 0.206 e. The zero-order valence-electron chi connectivity index (χ0n) is 8.07. The molecule has 1 rings (SSSR count). The first-order valence-electron chi connectivity index (χ1n) is 4.26. The van der Waals surface area contributed by atoms with Gasteiger partial charge in [-0.05, 0) is 25.0 Å². The van der Waals surface area contributed by atoms with Crippen LogP contribution >= 0.6 is 0 Å². The van der Waals surface area contributed by atoms with Crippen molar-refractivity contribution in [2.45, 2.75) is 20.3 Å². The molecule has 0 aliphatic carbocycles. The fraction of sp³-hybridized carbons (Fsp3) is 0.273. The highest BCUT2D eigenvalue weighted by molar-refractivity contribution is 5.32. The molecule has 0 aliphatic heterocycles. The van der Waals surface area contributed by atoms with Gasteiger partial charge in [0.2, 0.25) is 0 Å². The van der Waals surface area contributed by atoms with E-state index in [0.29, 0.717) is 5.56 Å². The van der Waals surface area contributed by atoms with E-state index in [1.165, 1.54) is 0 Å². The second-order valence-electron chi connectivity index (χ2n) is 3.27. The van der Waals surface area contributed by atoms with Crippen LogP contribution in [0.2, 0.25) is 0 Å². The summed E-state index contributed by atoms with van der Waals surface area (Å²) in [5.74, 6) is -1.35. The second kappa shape index (κ2) is 4.31. The SMILES string of the molecule is Cc1ccc(C)c(CC(F)=C(F)F)c1. The number of allylic oxidation sites excluding steroid dienone is 1. The van der Waals surface area contributed by atoms with Crippen LogP contribution in [0.1, 0.15) is 16.7 Å². The molecule has 0 unspecified atom stereocenters. The van der Waals surface area contributed by atoms with Gasteiger partial charge < -0.3 is 0 Å². The molecule has 0 atom stereocenters. The van der Waals surface area contributed by atoms with Crippen molar-refractivity contribution in [3.63, 3.8) is 0 Å². The Morgan fingerprint density at radius 1 is 1.14 bits per heavy atom. The maximum Gasteiger partial charge on any atom is 0.301 e. The van der Waals surface area contributed by atoms with Crippen LogP contribution in [-0.4, -0.2) is 0 Å². The largest absolute Gasteiger partial charge is 0.301 e. The summed E-state index contributed by atoms with van der Waals surface area (Å²) in [6.07, 6.45) is -2.55. The summed E-state index contributed by atoms with van der Waals surface area (Å²) in [6, 6.07) is 5.39. The first-order chi connectivity index (χ1) is 6.50. The minimum absolute atomic E-state index is 0.324. The molecule has 0 N–H and O–H groups in total. The van der Waals surface area contributed by atoms with Gasteiger partial charge >= 0.3 is 6.08 Å². The van der Waals surface area contributed by atoms with Gasteiger partial charge in [-0.15, -0.1) is 0 Å². The molecule has 1 aromatic rings.